The van der Waals surface area contributed by atoms with Gasteiger partial charge in [0.25, 0.3) is 0 Å². The largest absolute Gasteiger partial charge is 0.508 e. The highest BCUT2D eigenvalue weighted by atomic mass is 32.1. The first-order valence-electron chi connectivity index (χ1n) is 5.81. The lowest BCUT2D eigenvalue weighted by Gasteiger charge is -2.19. The molecule has 0 aliphatic heterocycles. The number of nitrogens with one attached hydrogen (secondary N) is 1. The number of phenols is 1. The van der Waals surface area contributed by atoms with Crippen LogP contribution in [0.15, 0.2) is 24.3 Å². The molecule has 0 saturated heterocycles. The Kier molecular flexibility index (Phi) is 3.63. The second kappa shape index (κ2) is 5.04. The van der Waals surface area contributed by atoms with Crippen LogP contribution >= 0.6 is 11.3 Å². The molecule has 2 aromatic rings. The molecular formula is C13H17N3OS. The normalized spacial score (nSPS) is 11.7. The maximum atomic E-state index is 9.44. The smallest absolute Gasteiger partial charge is 0.147 e. The summed E-state index contributed by atoms with van der Waals surface area (Å²) in [6, 6.07) is 7.06. The Morgan fingerprint density at radius 3 is 2.72 bits per heavy atom. The summed E-state index contributed by atoms with van der Waals surface area (Å²) in [6.07, 6.45) is 0. The molecule has 4 nitrogen and oxygen atoms in total. The molecule has 0 amide bonds. The van der Waals surface area contributed by atoms with Crippen molar-refractivity contribution >= 4 is 11.3 Å². The van der Waals surface area contributed by atoms with Crippen molar-refractivity contribution < 1.29 is 5.11 Å². The molecular weight excluding hydrogens is 246 g/mol. The van der Waals surface area contributed by atoms with Gasteiger partial charge in [0.2, 0.25) is 0 Å². The first-order valence-corrected chi connectivity index (χ1v) is 6.62. The van der Waals surface area contributed by atoms with E-state index in [0.29, 0.717) is 6.54 Å². The number of hydrogen-bond donors (Lipinski definition) is 2. The highest BCUT2D eigenvalue weighted by Crippen LogP contribution is 2.26. The summed E-state index contributed by atoms with van der Waals surface area (Å²) >= 11 is 1.54. The van der Waals surface area contributed by atoms with Crippen LogP contribution in [0, 0.1) is 0 Å². The minimum atomic E-state index is 0.0663. The zero-order valence-corrected chi connectivity index (χ0v) is 11.6. The molecule has 0 radical (unpaired) electrons. The molecule has 96 valence electrons. The van der Waals surface area contributed by atoms with E-state index >= 15 is 0 Å². The topological polar surface area (TPSA) is 58.0 Å². The lowest BCUT2D eigenvalue weighted by Crippen LogP contribution is -2.35. The van der Waals surface area contributed by atoms with E-state index in [0.717, 1.165) is 15.6 Å². The molecule has 5 heteroatoms. The highest BCUT2D eigenvalue weighted by molar-refractivity contribution is 7.14. The summed E-state index contributed by atoms with van der Waals surface area (Å²) in [5.74, 6) is 0.247. The third-order valence-electron chi connectivity index (χ3n) is 2.33. The van der Waals surface area contributed by atoms with E-state index in [1.807, 2.05) is 6.07 Å². The van der Waals surface area contributed by atoms with E-state index in [2.05, 4.69) is 36.3 Å². The van der Waals surface area contributed by atoms with Gasteiger partial charge >= 0.3 is 0 Å². The minimum absolute atomic E-state index is 0.0663. The fraction of sp³-hybridized carbons (Fsp3) is 0.385. The number of rotatable bonds is 3. The molecule has 0 fully saturated rings. The van der Waals surface area contributed by atoms with Crippen LogP contribution in [-0.2, 0) is 6.54 Å². The van der Waals surface area contributed by atoms with E-state index < -0.39 is 0 Å². The summed E-state index contributed by atoms with van der Waals surface area (Å²) in [4.78, 5) is 0. The Morgan fingerprint density at radius 1 is 1.28 bits per heavy atom. The molecule has 0 atom stereocenters. The Labute approximate surface area is 111 Å². The maximum Gasteiger partial charge on any atom is 0.147 e. The summed E-state index contributed by atoms with van der Waals surface area (Å²) in [5.41, 5.74) is 0.964. The fourth-order valence-corrected chi connectivity index (χ4v) is 2.20. The van der Waals surface area contributed by atoms with Crippen molar-refractivity contribution in [1.29, 1.82) is 0 Å². The molecule has 2 N–H and O–H groups in total. The van der Waals surface area contributed by atoms with E-state index in [-0.39, 0.29) is 11.3 Å². The van der Waals surface area contributed by atoms with Crippen LogP contribution in [0.4, 0.5) is 0 Å². The SMILES string of the molecule is CC(C)(C)NCc1nnc(-c2cccc(O)c2)s1. The molecule has 2 rings (SSSR count). The summed E-state index contributed by atoms with van der Waals surface area (Å²) in [7, 11) is 0. The van der Waals surface area contributed by atoms with Crippen molar-refractivity contribution in [3.8, 4) is 16.3 Å². The molecule has 0 saturated carbocycles. The van der Waals surface area contributed by atoms with Gasteiger partial charge in [-0.1, -0.05) is 23.5 Å². The van der Waals surface area contributed by atoms with Crippen molar-refractivity contribution in [2.45, 2.75) is 32.9 Å². The Hall–Kier alpha value is -1.46. The summed E-state index contributed by atoms with van der Waals surface area (Å²) < 4.78 is 0. The monoisotopic (exact) mass is 263 g/mol. The molecule has 1 heterocycles. The van der Waals surface area contributed by atoms with Crippen LogP contribution in [0.3, 0.4) is 0 Å². The van der Waals surface area contributed by atoms with Gasteiger partial charge in [-0.2, -0.15) is 0 Å². The fourth-order valence-electron chi connectivity index (χ4n) is 1.42. The molecule has 0 spiro atoms. The molecule has 1 aromatic carbocycles. The molecule has 0 bridgehead atoms. The van der Waals surface area contributed by atoms with E-state index in [1.165, 1.54) is 11.3 Å². The first-order chi connectivity index (χ1) is 8.44. The molecule has 0 unspecified atom stereocenters. The molecule has 1 aromatic heterocycles. The second-order valence-electron chi connectivity index (χ2n) is 5.15. The Morgan fingerprint density at radius 2 is 2.06 bits per heavy atom. The van der Waals surface area contributed by atoms with Crippen LogP contribution in [0.5, 0.6) is 5.75 Å². The van der Waals surface area contributed by atoms with Crippen molar-refractivity contribution in [3.05, 3.63) is 29.3 Å². The van der Waals surface area contributed by atoms with Crippen molar-refractivity contribution in [2.75, 3.05) is 0 Å². The van der Waals surface area contributed by atoms with Gasteiger partial charge < -0.3 is 10.4 Å². The second-order valence-corrected chi connectivity index (χ2v) is 6.22. The van der Waals surface area contributed by atoms with Gasteiger partial charge in [0.05, 0.1) is 6.54 Å². The first kappa shape index (κ1) is 13.0. The van der Waals surface area contributed by atoms with E-state index in [4.69, 9.17) is 0 Å². The van der Waals surface area contributed by atoms with Crippen molar-refractivity contribution in [2.24, 2.45) is 0 Å². The van der Waals surface area contributed by atoms with Gasteiger partial charge in [-0.15, -0.1) is 10.2 Å². The Balaban J connectivity index is 2.11. The van der Waals surface area contributed by atoms with Crippen LogP contribution in [0.1, 0.15) is 25.8 Å². The molecule has 18 heavy (non-hydrogen) atoms. The number of nitrogens with zero attached hydrogens (tertiary/aromatic N) is 2. The van der Waals surface area contributed by atoms with E-state index in [1.54, 1.807) is 18.2 Å². The lowest BCUT2D eigenvalue weighted by atomic mass is 10.1. The highest BCUT2D eigenvalue weighted by Gasteiger charge is 2.11. The van der Waals surface area contributed by atoms with Crippen LogP contribution in [0.2, 0.25) is 0 Å². The van der Waals surface area contributed by atoms with Crippen LogP contribution < -0.4 is 5.32 Å². The number of benzene rings is 1. The maximum absolute atomic E-state index is 9.44. The third-order valence-corrected chi connectivity index (χ3v) is 3.30. The van der Waals surface area contributed by atoms with Gasteiger partial charge in [-0.05, 0) is 32.9 Å². The number of phenolic OH excluding ortho intramolecular Hbond substituents is 1. The van der Waals surface area contributed by atoms with Gasteiger partial charge in [-0.3, -0.25) is 0 Å². The zero-order valence-electron chi connectivity index (χ0n) is 10.8. The van der Waals surface area contributed by atoms with E-state index in [9.17, 15) is 5.11 Å². The van der Waals surface area contributed by atoms with Crippen molar-refractivity contribution in [1.82, 2.24) is 15.5 Å². The lowest BCUT2D eigenvalue weighted by molar-refractivity contribution is 0.423. The quantitative estimate of drug-likeness (QED) is 0.894. The number of aromatic nitrogens is 2. The Bertz CT molecular complexity index is 531. The van der Waals surface area contributed by atoms with Crippen LogP contribution in [0.25, 0.3) is 10.6 Å². The predicted octanol–water partition coefficient (Wildman–Crippen LogP) is 2.80. The third kappa shape index (κ3) is 3.51. The summed E-state index contributed by atoms with van der Waals surface area (Å²) in [5, 5.41) is 22.9. The van der Waals surface area contributed by atoms with Gasteiger partial charge in [-0.25, -0.2) is 0 Å². The van der Waals surface area contributed by atoms with Gasteiger partial charge in [0.1, 0.15) is 15.8 Å². The predicted molar refractivity (Wildman–Crippen MR) is 73.6 cm³/mol. The zero-order chi connectivity index (χ0) is 13.2. The summed E-state index contributed by atoms with van der Waals surface area (Å²) in [6.45, 7) is 7.05. The standard InChI is InChI=1S/C13H17N3OS/c1-13(2,3)14-8-11-15-16-12(18-11)9-5-4-6-10(17)7-9/h4-7,14,17H,8H2,1-3H3. The molecule has 0 aliphatic carbocycles. The van der Waals surface area contributed by atoms with Gasteiger partial charge in [0, 0.05) is 11.1 Å². The average Bonchev–Trinajstić information content (AvgIpc) is 2.74. The number of hydrogen-bond acceptors (Lipinski definition) is 5. The average molecular weight is 263 g/mol. The minimum Gasteiger partial charge on any atom is -0.508 e. The number of aromatic hydroxyl groups is 1. The van der Waals surface area contributed by atoms with Crippen LogP contribution in [-0.4, -0.2) is 20.8 Å². The van der Waals surface area contributed by atoms with Crippen molar-refractivity contribution in [3.63, 3.8) is 0 Å². The molecule has 0 aliphatic rings. The van der Waals surface area contributed by atoms with Gasteiger partial charge in [0.15, 0.2) is 0 Å².